The van der Waals surface area contributed by atoms with E-state index in [0.29, 0.717) is 0 Å². The summed E-state index contributed by atoms with van der Waals surface area (Å²) in [4.78, 5) is 20.0. The van der Waals surface area contributed by atoms with Crippen molar-refractivity contribution in [1.82, 2.24) is 0 Å². The van der Waals surface area contributed by atoms with Crippen molar-refractivity contribution in [1.29, 1.82) is 0 Å². The summed E-state index contributed by atoms with van der Waals surface area (Å²) >= 11 is 4.45. The number of Topliss-reactive ketones (excluding diaryl/α,β-unsaturated/α-hetero) is 1. The van der Waals surface area contributed by atoms with Gasteiger partial charge >= 0.3 is 5.97 Å². The summed E-state index contributed by atoms with van der Waals surface area (Å²) < 4.78 is 26.1. The lowest BCUT2D eigenvalue weighted by molar-refractivity contribution is -0.141. The molecule has 0 atom stereocenters. The molecule has 0 unspecified atom stereocenters. The molecule has 0 radical (unpaired) electrons. The molecule has 0 amide bonds. The summed E-state index contributed by atoms with van der Waals surface area (Å²) in [5.41, 5.74) is 0. The van der Waals surface area contributed by atoms with Crippen LogP contribution in [-0.2, 0) is 13.9 Å². The van der Waals surface area contributed by atoms with Crippen LogP contribution in [0.4, 0.5) is 8.78 Å². The number of rotatable bonds is 3. The molecular formula is C4H3ClF2O3. The van der Waals surface area contributed by atoms with E-state index in [-0.39, 0.29) is 0 Å². The van der Waals surface area contributed by atoms with Crippen molar-refractivity contribution in [2.24, 2.45) is 0 Å². The first-order valence-electron chi connectivity index (χ1n) is 2.20. The Balaban J connectivity index is 3.69. The molecule has 0 aromatic heterocycles. The van der Waals surface area contributed by atoms with Gasteiger partial charge in [0.1, 0.15) is 18.3 Å². The first-order valence-corrected chi connectivity index (χ1v) is 2.51. The van der Waals surface area contributed by atoms with Gasteiger partial charge in [0, 0.05) is 0 Å². The zero-order chi connectivity index (χ0) is 8.15. The fourth-order valence-corrected chi connectivity index (χ4v) is 0.301. The van der Waals surface area contributed by atoms with Crippen LogP contribution in [0, 0.1) is 0 Å². The topological polar surface area (TPSA) is 43.4 Å². The number of halogens is 3. The average molecular weight is 173 g/mol. The molecule has 0 spiro atoms. The van der Waals surface area contributed by atoms with Crippen molar-refractivity contribution in [3.8, 4) is 0 Å². The van der Waals surface area contributed by atoms with E-state index < -0.39 is 24.6 Å². The fourth-order valence-electron chi connectivity index (χ4n) is 0.247. The Kier molecular flexibility index (Phi) is 3.87. The first-order chi connectivity index (χ1) is 4.57. The van der Waals surface area contributed by atoms with E-state index in [0.717, 1.165) is 0 Å². The largest absolute Gasteiger partial charge is 0.347 e. The van der Waals surface area contributed by atoms with Gasteiger partial charge in [0.05, 0.1) is 0 Å². The van der Waals surface area contributed by atoms with Gasteiger partial charge in [-0.05, 0) is 0 Å². The summed E-state index contributed by atoms with van der Waals surface area (Å²) in [5, 5.41) is 0. The van der Waals surface area contributed by atoms with E-state index in [4.69, 9.17) is 0 Å². The molecule has 6 heteroatoms. The van der Waals surface area contributed by atoms with Gasteiger partial charge in [0.15, 0.2) is 0 Å². The number of carbonyl (C=O) groups excluding carboxylic acids is 2. The van der Waals surface area contributed by atoms with Crippen LogP contribution >= 0.6 is 11.9 Å². The molecule has 0 fully saturated rings. The van der Waals surface area contributed by atoms with E-state index >= 15 is 0 Å². The lowest BCUT2D eigenvalue weighted by Crippen LogP contribution is -2.14. The lowest BCUT2D eigenvalue weighted by Gasteiger charge is -1.93. The standard InChI is InChI=1S/C4H3ClF2O3/c5-10-3(9)1-2(8)4(6)7/h4H,1H2. The first kappa shape index (κ1) is 9.29. The normalized spacial score (nSPS) is 9.60. The molecule has 0 aliphatic rings. The number of alkyl halides is 2. The number of ketones is 1. The Morgan fingerprint density at radius 2 is 2.00 bits per heavy atom. The quantitative estimate of drug-likeness (QED) is 0.595. The highest BCUT2D eigenvalue weighted by Gasteiger charge is 2.19. The zero-order valence-corrected chi connectivity index (χ0v) is 5.40. The molecule has 0 heterocycles. The maximum atomic E-state index is 11.3. The zero-order valence-electron chi connectivity index (χ0n) is 4.64. The number of hydrogen-bond acceptors (Lipinski definition) is 3. The molecule has 0 bridgehead atoms. The van der Waals surface area contributed by atoms with Gasteiger partial charge in [-0.25, -0.2) is 8.78 Å². The van der Waals surface area contributed by atoms with Crippen LogP contribution in [-0.4, -0.2) is 18.2 Å². The Labute approximate surface area is 60.1 Å². The van der Waals surface area contributed by atoms with Crippen LogP contribution in [0.1, 0.15) is 6.42 Å². The van der Waals surface area contributed by atoms with Crippen molar-refractivity contribution < 1.29 is 22.7 Å². The Hall–Kier alpha value is -0.710. The van der Waals surface area contributed by atoms with E-state index in [1.807, 2.05) is 0 Å². The Bertz CT molecular complexity index is 147. The van der Waals surface area contributed by atoms with Crippen LogP contribution in [0.3, 0.4) is 0 Å². The van der Waals surface area contributed by atoms with Crippen LogP contribution < -0.4 is 0 Å². The molecule has 0 aliphatic carbocycles. The molecular weight excluding hydrogens is 169 g/mol. The summed E-state index contributed by atoms with van der Waals surface area (Å²) in [7, 11) is 0. The van der Waals surface area contributed by atoms with E-state index in [1.54, 1.807) is 0 Å². The Morgan fingerprint density at radius 1 is 1.50 bits per heavy atom. The smallest absolute Gasteiger partial charge is 0.332 e. The van der Waals surface area contributed by atoms with Crippen LogP contribution in [0.5, 0.6) is 0 Å². The maximum absolute atomic E-state index is 11.3. The SMILES string of the molecule is O=C(CC(=O)C(F)F)OCl. The summed E-state index contributed by atoms with van der Waals surface area (Å²) in [6, 6.07) is 0. The van der Waals surface area contributed by atoms with E-state index in [9.17, 15) is 18.4 Å². The average Bonchev–Trinajstić information content (AvgIpc) is 1.87. The molecule has 0 aromatic carbocycles. The number of hydrogen-bond donors (Lipinski definition) is 0. The highest BCUT2D eigenvalue weighted by Crippen LogP contribution is 2.00. The van der Waals surface area contributed by atoms with Gasteiger partial charge in [-0.15, -0.1) is 0 Å². The van der Waals surface area contributed by atoms with Crippen molar-refractivity contribution in [3.63, 3.8) is 0 Å². The minimum absolute atomic E-state index is 0.985. The predicted octanol–water partition coefficient (Wildman–Crippen LogP) is 0.908. The van der Waals surface area contributed by atoms with Gasteiger partial charge in [-0.1, -0.05) is 0 Å². The highest BCUT2D eigenvalue weighted by atomic mass is 35.5. The highest BCUT2D eigenvalue weighted by molar-refractivity contribution is 6.15. The van der Waals surface area contributed by atoms with Crippen molar-refractivity contribution in [3.05, 3.63) is 0 Å². The van der Waals surface area contributed by atoms with Crippen LogP contribution in [0.2, 0.25) is 0 Å². The van der Waals surface area contributed by atoms with Crippen molar-refractivity contribution in [2.45, 2.75) is 12.8 Å². The molecule has 0 rings (SSSR count). The molecule has 0 aliphatic heterocycles. The van der Waals surface area contributed by atoms with E-state index in [2.05, 4.69) is 16.2 Å². The second kappa shape index (κ2) is 4.16. The van der Waals surface area contributed by atoms with Crippen molar-refractivity contribution in [2.75, 3.05) is 0 Å². The third kappa shape index (κ3) is 3.34. The van der Waals surface area contributed by atoms with Crippen LogP contribution in [0.15, 0.2) is 0 Å². The van der Waals surface area contributed by atoms with Gasteiger partial charge in [0.25, 0.3) is 6.43 Å². The van der Waals surface area contributed by atoms with Crippen molar-refractivity contribution >= 4 is 23.6 Å². The fraction of sp³-hybridized carbons (Fsp3) is 0.500. The van der Waals surface area contributed by atoms with Gasteiger partial charge < -0.3 is 4.29 Å². The van der Waals surface area contributed by atoms with Gasteiger partial charge in [-0.3, -0.25) is 9.59 Å². The second-order valence-corrected chi connectivity index (χ2v) is 1.55. The molecule has 3 nitrogen and oxygen atoms in total. The summed E-state index contributed by atoms with van der Waals surface area (Å²) in [6.07, 6.45) is -4.13. The van der Waals surface area contributed by atoms with E-state index in [1.165, 1.54) is 0 Å². The monoisotopic (exact) mass is 172 g/mol. The molecule has 0 N–H and O–H groups in total. The molecule has 0 saturated heterocycles. The predicted molar refractivity (Wildman–Crippen MR) is 27.6 cm³/mol. The molecule has 58 valence electrons. The molecule has 0 aromatic rings. The number of carbonyl (C=O) groups is 2. The minimum atomic E-state index is -3.14. The lowest BCUT2D eigenvalue weighted by atomic mass is 10.3. The summed E-state index contributed by atoms with van der Waals surface area (Å²) in [5.74, 6) is -2.67. The third-order valence-electron chi connectivity index (χ3n) is 0.648. The second-order valence-electron chi connectivity index (χ2n) is 1.39. The van der Waals surface area contributed by atoms with Gasteiger partial charge in [0.2, 0.25) is 5.78 Å². The molecule has 10 heavy (non-hydrogen) atoms. The minimum Gasteiger partial charge on any atom is -0.347 e. The van der Waals surface area contributed by atoms with Gasteiger partial charge in [-0.2, -0.15) is 0 Å². The maximum Gasteiger partial charge on any atom is 0.332 e. The third-order valence-corrected chi connectivity index (χ3v) is 0.820. The molecule has 0 saturated carbocycles. The Morgan fingerprint density at radius 3 is 2.30 bits per heavy atom. The summed E-state index contributed by atoms with van der Waals surface area (Å²) in [6.45, 7) is 0. The van der Waals surface area contributed by atoms with Crippen LogP contribution in [0.25, 0.3) is 0 Å².